The minimum atomic E-state index is -1.02. The predicted molar refractivity (Wildman–Crippen MR) is 109 cm³/mol. The van der Waals surface area contributed by atoms with Crippen LogP contribution in [-0.4, -0.2) is 29.4 Å². The summed E-state index contributed by atoms with van der Waals surface area (Å²) >= 11 is 0. The number of nitriles is 1. The molecule has 1 amide bonds. The zero-order valence-corrected chi connectivity index (χ0v) is 16.4. The lowest BCUT2D eigenvalue weighted by molar-refractivity contribution is -0.131. The van der Waals surface area contributed by atoms with E-state index in [1.54, 1.807) is 36.4 Å². The van der Waals surface area contributed by atoms with Crippen molar-refractivity contribution in [3.05, 3.63) is 65.7 Å². The Morgan fingerprint density at radius 1 is 1.23 bits per heavy atom. The van der Waals surface area contributed by atoms with Crippen molar-refractivity contribution in [3.63, 3.8) is 0 Å². The molecule has 8 nitrogen and oxygen atoms in total. The number of allylic oxidation sites excluding steroid dienone is 1. The van der Waals surface area contributed by atoms with Crippen molar-refractivity contribution in [2.75, 3.05) is 12.4 Å². The third kappa shape index (κ3) is 6.87. The van der Waals surface area contributed by atoms with Crippen molar-refractivity contribution in [3.8, 4) is 17.6 Å². The molecule has 2 aromatic rings. The van der Waals surface area contributed by atoms with Crippen LogP contribution >= 0.6 is 0 Å². The van der Waals surface area contributed by atoms with Gasteiger partial charge in [0.25, 0.3) is 0 Å². The third-order valence-corrected chi connectivity index (χ3v) is 4.18. The number of hydrogen-bond donors (Lipinski definition) is 3. The standard InChI is InChI=1S/C22H22N2O6/c1-29-20-12-9-16(13-18(20)25)19(5-3-2-4-6-21(26)27)30-22(28)24-17-10-7-15(14-23)8-11-17/h4,6-13,19,25H,2-3,5H2,1H3,(H,24,28)(H,26,27)/b6-4+/t19-/m1/s1. The maximum Gasteiger partial charge on any atom is 0.412 e. The van der Waals surface area contributed by atoms with E-state index in [0.717, 1.165) is 6.08 Å². The maximum absolute atomic E-state index is 12.4. The summed E-state index contributed by atoms with van der Waals surface area (Å²) in [5.74, 6) is -0.810. The molecule has 156 valence electrons. The molecule has 0 fully saturated rings. The van der Waals surface area contributed by atoms with E-state index in [1.807, 2.05) is 6.07 Å². The van der Waals surface area contributed by atoms with Crippen molar-refractivity contribution in [1.82, 2.24) is 0 Å². The van der Waals surface area contributed by atoms with E-state index in [-0.39, 0.29) is 5.75 Å². The van der Waals surface area contributed by atoms with Gasteiger partial charge in [-0.05, 0) is 61.2 Å². The number of carbonyl (C=O) groups is 2. The molecule has 1 atom stereocenters. The number of nitrogens with zero attached hydrogens (tertiary/aromatic N) is 1. The number of aromatic hydroxyl groups is 1. The van der Waals surface area contributed by atoms with Gasteiger partial charge in [-0.1, -0.05) is 12.1 Å². The third-order valence-electron chi connectivity index (χ3n) is 4.18. The first-order valence-corrected chi connectivity index (χ1v) is 9.17. The number of carboxylic acid groups (broad SMARTS) is 1. The molecule has 2 aromatic carbocycles. The van der Waals surface area contributed by atoms with Crippen LogP contribution in [0.3, 0.4) is 0 Å². The number of carboxylic acids is 1. The molecule has 0 aliphatic heterocycles. The van der Waals surface area contributed by atoms with E-state index in [2.05, 4.69) is 5.32 Å². The predicted octanol–water partition coefficient (Wildman–Crippen LogP) is 4.37. The number of anilines is 1. The van der Waals surface area contributed by atoms with Gasteiger partial charge in [-0.25, -0.2) is 9.59 Å². The summed E-state index contributed by atoms with van der Waals surface area (Å²) < 4.78 is 10.6. The number of nitrogens with one attached hydrogen (secondary N) is 1. The van der Waals surface area contributed by atoms with E-state index in [0.29, 0.717) is 41.8 Å². The number of ether oxygens (including phenoxy) is 2. The Balaban J connectivity index is 2.09. The summed E-state index contributed by atoms with van der Waals surface area (Å²) in [4.78, 5) is 22.9. The quantitative estimate of drug-likeness (QED) is 0.413. The minimum Gasteiger partial charge on any atom is -0.504 e. The second kappa shape index (κ2) is 11.1. The van der Waals surface area contributed by atoms with Gasteiger partial charge in [0.1, 0.15) is 6.10 Å². The highest BCUT2D eigenvalue weighted by atomic mass is 16.6. The van der Waals surface area contributed by atoms with E-state index < -0.39 is 18.2 Å². The molecule has 0 aliphatic carbocycles. The molecule has 0 aromatic heterocycles. The first kappa shape index (κ1) is 22.3. The number of methoxy groups -OCH3 is 1. The number of rotatable bonds is 9. The van der Waals surface area contributed by atoms with Crippen LogP contribution in [0.5, 0.6) is 11.5 Å². The Bertz CT molecular complexity index is 947. The van der Waals surface area contributed by atoms with Crippen LogP contribution < -0.4 is 10.1 Å². The van der Waals surface area contributed by atoms with Crippen molar-refractivity contribution < 1.29 is 29.3 Å². The molecule has 0 radical (unpaired) electrons. The number of aliphatic carboxylic acids is 1. The highest BCUT2D eigenvalue weighted by Crippen LogP contribution is 2.32. The van der Waals surface area contributed by atoms with Gasteiger partial charge >= 0.3 is 12.1 Å². The highest BCUT2D eigenvalue weighted by Gasteiger charge is 2.18. The lowest BCUT2D eigenvalue weighted by Crippen LogP contribution is -2.17. The van der Waals surface area contributed by atoms with Gasteiger partial charge in [0.05, 0.1) is 18.7 Å². The topological polar surface area (TPSA) is 129 Å². The second-order valence-corrected chi connectivity index (χ2v) is 6.31. The zero-order valence-electron chi connectivity index (χ0n) is 16.4. The summed E-state index contributed by atoms with van der Waals surface area (Å²) in [6.07, 6.45) is 2.70. The van der Waals surface area contributed by atoms with Gasteiger partial charge in [-0.3, -0.25) is 5.32 Å². The molecule has 3 N–H and O–H groups in total. The maximum atomic E-state index is 12.4. The van der Waals surface area contributed by atoms with Crippen LogP contribution in [0.25, 0.3) is 0 Å². The van der Waals surface area contributed by atoms with Crippen LogP contribution in [0.1, 0.15) is 36.5 Å². The first-order chi connectivity index (χ1) is 14.4. The molecular weight excluding hydrogens is 388 g/mol. The number of amides is 1. The van der Waals surface area contributed by atoms with Gasteiger partial charge in [-0.15, -0.1) is 0 Å². The molecule has 2 rings (SSSR count). The van der Waals surface area contributed by atoms with Crippen molar-refractivity contribution in [1.29, 1.82) is 5.26 Å². The minimum absolute atomic E-state index is 0.0816. The van der Waals surface area contributed by atoms with E-state index in [9.17, 15) is 14.7 Å². The molecule has 0 saturated carbocycles. The number of phenols is 1. The first-order valence-electron chi connectivity index (χ1n) is 9.17. The van der Waals surface area contributed by atoms with Crippen molar-refractivity contribution in [2.24, 2.45) is 0 Å². The Hall–Kier alpha value is -3.99. The SMILES string of the molecule is COc1ccc([C@@H](CCC/C=C/C(=O)O)OC(=O)Nc2ccc(C#N)cc2)cc1O. The van der Waals surface area contributed by atoms with Gasteiger partial charge < -0.3 is 19.7 Å². The van der Waals surface area contributed by atoms with Crippen LogP contribution in [0, 0.1) is 11.3 Å². The summed E-state index contributed by atoms with van der Waals surface area (Å²) in [6, 6.07) is 13.0. The van der Waals surface area contributed by atoms with Crippen LogP contribution in [0.2, 0.25) is 0 Å². The number of benzene rings is 2. The fourth-order valence-corrected chi connectivity index (χ4v) is 2.71. The van der Waals surface area contributed by atoms with E-state index in [1.165, 1.54) is 19.3 Å². The molecule has 0 aliphatic rings. The van der Waals surface area contributed by atoms with E-state index >= 15 is 0 Å². The lowest BCUT2D eigenvalue weighted by atomic mass is 10.0. The Morgan fingerprint density at radius 3 is 2.57 bits per heavy atom. The summed E-state index contributed by atoms with van der Waals surface area (Å²) in [7, 11) is 1.43. The number of carbonyl (C=O) groups excluding carboxylic acids is 1. The van der Waals surface area contributed by atoms with Crippen LogP contribution in [-0.2, 0) is 9.53 Å². The zero-order chi connectivity index (χ0) is 21.9. The normalized spacial score (nSPS) is 11.5. The molecule has 0 saturated heterocycles. The molecule has 30 heavy (non-hydrogen) atoms. The largest absolute Gasteiger partial charge is 0.504 e. The molecular formula is C22H22N2O6. The average Bonchev–Trinajstić information content (AvgIpc) is 2.73. The second-order valence-electron chi connectivity index (χ2n) is 6.31. The fraction of sp³-hybridized carbons (Fsp3) is 0.227. The van der Waals surface area contributed by atoms with Crippen molar-refractivity contribution >= 4 is 17.7 Å². The lowest BCUT2D eigenvalue weighted by Gasteiger charge is -2.19. The Morgan fingerprint density at radius 2 is 1.97 bits per heavy atom. The smallest absolute Gasteiger partial charge is 0.412 e. The van der Waals surface area contributed by atoms with Crippen LogP contribution in [0.15, 0.2) is 54.6 Å². The molecule has 0 bridgehead atoms. The van der Waals surface area contributed by atoms with Gasteiger partial charge in [0.2, 0.25) is 0 Å². The molecule has 0 spiro atoms. The molecule has 0 heterocycles. The summed E-state index contributed by atoms with van der Waals surface area (Å²) in [5.41, 5.74) is 1.51. The Kier molecular flexibility index (Phi) is 8.27. The molecule has 0 unspecified atom stereocenters. The van der Waals surface area contributed by atoms with Crippen molar-refractivity contribution in [2.45, 2.75) is 25.4 Å². The van der Waals surface area contributed by atoms with Gasteiger partial charge in [-0.2, -0.15) is 5.26 Å². The Labute approximate surface area is 174 Å². The van der Waals surface area contributed by atoms with Crippen LogP contribution in [0.4, 0.5) is 10.5 Å². The van der Waals surface area contributed by atoms with Gasteiger partial charge in [0.15, 0.2) is 11.5 Å². The summed E-state index contributed by atoms with van der Waals surface area (Å²) in [5, 5.41) is 30.1. The summed E-state index contributed by atoms with van der Waals surface area (Å²) in [6.45, 7) is 0. The highest BCUT2D eigenvalue weighted by molar-refractivity contribution is 5.84. The monoisotopic (exact) mass is 410 g/mol. The number of unbranched alkanes of at least 4 members (excludes halogenated alkanes) is 1. The number of hydrogen-bond acceptors (Lipinski definition) is 6. The average molecular weight is 410 g/mol. The molecule has 8 heteroatoms. The van der Waals surface area contributed by atoms with E-state index in [4.69, 9.17) is 19.8 Å². The fourth-order valence-electron chi connectivity index (χ4n) is 2.71. The number of phenolic OH excluding ortho intramolecular Hbond substituents is 1. The van der Waals surface area contributed by atoms with Gasteiger partial charge in [0, 0.05) is 11.8 Å².